The molecule has 0 atom stereocenters. The Labute approximate surface area is 179 Å². The highest BCUT2D eigenvalue weighted by atomic mass is 15.3. The maximum Gasteiger partial charge on any atom is 0.159 e. The molecule has 0 radical (unpaired) electrons. The minimum absolute atomic E-state index is 0.751. The third kappa shape index (κ3) is 3.26. The first-order valence-electron chi connectivity index (χ1n) is 10.8. The van der Waals surface area contributed by atoms with E-state index in [4.69, 9.17) is 4.98 Å². The lowest BCUT2D eigenvalue weighted by Gasteiger charge is -2.33. The van der Waals surface area contributed by atoms with Crippen molar-refractivity contribution in [3.8, 4) is 11.5 Å². The predicted octanol–water partition coefficient (Wildman–Crippen LogP) is 2.02. The summed E-state index contributed by atoms with van der Waals surface area (Å²) in [5.41, 5.74) is 6.96. The molecule has 1 fully saturated rings. The van der Waals surface area contributed by atoms with E-state index >= 15 is 0 Å². The van der Waals surface area contributed by atoms with Crippen LogP contribution in [0.2, 0.25) is 0 Å². The Morgan fingerprint density at radius 2 is 1.94 bits per heavy atom. The van der Waals surface area contributed by atoms with E-state index in [0.717, 1.165) is 90.5 Å². The summed E-state index contributed by atoms with van der Waals surface area (Å²) in [7, 11) is 2.16. The van der Waals surface area contributed by atoms with Crippen LogP contribution in [0.5, 0.6) is 0 Å². The number of aromatic nitrogens is 6. The number of nitrogens with one attached hydrogen (secondary N) is 3. The third-order valence-corrected chi connectivity index (χ3v) is 6.28. The van der Waals surface area contributed by atoms with Crippen LogP contribution in [0, 0.1) is 0 Å². The van der Waals surface area contributed by atoms with Crippen molar-refractivity contribution in [1.29, 1.82) is 0 Å². The molecule has 9 nitrogen and oxygen atoms in total. The molecule has 158 valence electrons. The molecule has 6 heterocycles. The zero-order chi connectivity index (χ0) is 20.8. The Morgan fingerprint density at radius 3 is 2.77 bits per heavy atom. The number of piperazine rings is 1. The summed E-state index contributed by atoms with van der Waals surface area (Å²) in [6.45, 7) is 5.90. The average molecular weight is 416 g/mol. The van der Waals surface area contributed by atoms with Gasteiger partial charge >= 0.3 is 0 Å². The van der Waals surface area contributed by atoms with E-state index in [2.05, 4.69) is 59.5 Å². The van der Waals surface area contributed by atoms with Crippen LogP contribution in [0.25, 0.3) is 39.0 Å². The second kappa shape index (κ2) is 7.44. The van der Waals surface area contributed by atoms with E-state index in [1.807, 2.05) is 18.6 Å². The van der Waals surface area contributed by atoms with Crippen LogP contribution < -0.4 is 10.2 Å². The second-order valence-corrected chi connectivity index (χ2v) is 8.30. The van der Waals surface area contributed by atoms with E-state index < -0.39 is 0 Å². The van der Waals surface area contributed by atoms with Crippen molar-refractivity contribution >= 4 is 33.2 Å². The zero-order valence-electron chi connectivity index (χ0n) is 17.5. The molecule has 4 aromatic heterocycles. The molecule has 0 amide bonds. The van der Waals surface area contributed by atoms with E-state index in [1.54, 1.807) is 0 Å². The molecule has 0 saturated carbocycles. The molecule has 4 aromatic rings. The maximum absolute atomic E-state index is 4.96. The predicted molar refractivity (Wildman–Crippen MR) is 122 cm³/mol. The molecule has 6 rings (SSSR count). The van der Waals surface area contributed by atoms with Crippen molar-refractivity contribution in [2.24, 2.45) is 0 Å². The number of fused-ring (bicyclic) bond motifs is 2. The Balaban J connectivity index is 1.42. The third-order valence-electron chi connectivity index (χ3n) is 6.28. The van der Waals surface area contributed by atoms with Crippen LogP contribution in [0.1, 0.15) is 12.1 Å². The quantitative estimate of drug-likeness (QED) is 0.471. The first kappa shape index (κ1) is 18.5. The summed E-state index contributed by atoms with van der Waals surface area (Å²) < 4.78 is 0. The molecule has 31 heavy (non-hydrogen) atoms. The number of imidazole rings is 1. The minimum atomic E-state index is 0.751. The van der Waals surface area contributed by atoms with Gasteiger partial charge in [0.1, 0.15) is 11.2 Å². The number of hydrogen-bond donors (Lipinski definition) is 3. The topological polar surface area (TPSA) is 102 Å². The number of anilines is 1. The van der Waals surface area contributed by atoms with E-state index in [1.165, 1.54) is 5.57 Å². The number of H-pyrrole nitrogens is 2. The van der Waals surface area contributed by atoms with Crippen LogP contribution in [0.3, 0.4) is 0 Å². The fourth-order valence-corrected chi connectivity index (χ4v) is 4.44. The number of aromatic amines is 2. The van der Waals surface area contributed by atoms with Crippen LogP contribution in [-0.4, -0.2) is 81.3 Å². The van der Waals surface area contributed by atoms with Crippen molar-refractivity contribution in [2.75, 3.05) is 51.2 Å². The van der Waals surface area contributed by atoms with Gasteiger partial charge in [0.05, 0.1) is 41.0 Å². The SMILES string of the molecule is CN1CCN(c2cncc3[nH]c(-c4n[nH]c5cnc(C6=CCNCC6)cc45)nc23)CC1. The molecule has 3 N–H and O–H groups in total. The van der Waals surface area contributed by atoms with Crippen molar-refractivity contribution in [1.82, 2.24) is 40.3 Å². The Morgan fingerprint density at radius 1 is 1.03 bits per heavy atom. The van der Waals surface area contributed by atoms with E-state index in [0.29, 0.717) is 0 Å². The fourth-order valence-electron chi connectivity index (χ4n) is 4.44. The number of pyridine rings is 2. The summed E-state index contributed by atoms with van der Waals surface area (Å²) >= 11 is 0. The summed E-state index contributed by atoms with van der Waals surface area (Å²) in [5, 5.41) is 12.1. The number of rotatable bonds is 3. The second-order valence-electron chi connectivity index (χ2n) is 8.30. The number of nitrogens with zero attached hydrogens (tertiary/aromatic N) is 6. The molecule has 0 aliphatic carbocycles. The zero-order valence-corrected chi connectivity index (χ0v) is 17.5. The lowest BCUT2D eigenvalue weighted by atomic mass is 10.0. The lowest BCUT2D eigenvalue weighted by molar-refractivity contribution is 0.313. The molecule has 0 unspecified atom stereocenters. The first-order valence-corrected chi connectivity index (χ1v) is 10.8. The van der Waals surface area contributed by atoms with Crippen molar-refractivity contribution in [3.05, 3.63) is 36.4 Å². The van der Waals surface area contributed by atoms with Gasteiger partial charge in [-0.1, -0.05) is 6.08 Å². The van der Waals surface area contributed by atoms with Gasteiger partial charge in [0.25, 0.3) is 0 Å². The first-order chi connectivity index (χ1) is 15.3. The van der Waals surface area contributed by atoms with Crippen LogP contribution in [0.4, 0.5) is 5.69 Å². The van der Waals surface area contributed by atoms with Crippen LogP contribution >= 0.6 is 0 Å². The molecule has 0 aromatic carbocycles. The van der Waals surface area contributed by atoms with Crippen molar-refractivity contribution < 1.29 is 0 Å². The standard InChI is InChI=1S/C22H25N9/c1-30-6-8-31(9-7-30)19-13-24-11-18-21(19)27-22(26-18)20-15-10-16(14-2-4-23-5-3-14)25-12-17(15)28-29-20/h2,10-13,23H,3-9H2,1H3,(H,26,27)(H,28,29). The molecule has 0 spiro atoms. The molecule has 2 aliphatic heterocycles. The largest absolute Gasteiger partial charge is 0.366 e. The van der Waals surface area contributed by atoms with Crippen molar-refractivity contribution in [3.63, 3.8) is 0 Å². The Kier molecular flexibility index (Phi) is 4.43. The van der Waals surface area contributed by atoms with Gasteiger partial charge in [0.15, 0.2) is 5.82 Å². The molecular formula is C22H25N9. The van der Waals surface area contributed by atoms with Crippen LogP contribution in [-0.2, 0) is 0 Å². The van der Waals surface area contributed by atoms with Gasteiger partial charge in [-0.15, -0.1) is 0 Å². The van der Waals surface area contributed by atoms with Gasteiger partial charge in [-0.05, 0) is 31.7 Å². The maximum atomic E-state index is 4.96. The van der Waals surface area contributed by atoms with Gasteiger partial charge in [-0.25, -0.2) is 4.98 Å². The highest BCUT2D eigenvalue weighted by Gasteiger charge is 2.20. The van der Waals surface area contributed by atoms with E-state index in [-0.39, 0.29) is 0 Å². The van der Waals surface area contributed by atoms with Gasteiger partial charge in [0, 0.05) is 38.1 Å². The Hall–Kier alpha value is -3.30. The average Bonchev–Trinajstić information content (AvgIpc) is 3.43. The highest BCUT2D eigenvalue weighted by Crippen LogP contribution is 2.31. The molecule has 9 heteroatoms. The Bertz CT molecular complexity index is 1280. The summed E-state index contributed by atoms with van der Waals surface area (Å²) in [6.07, 6.45) is 8.83. The van der Waals surface area contributed by atoms with E-state index in [9.17, 15) is 0 Å². The summed E-state index contributed by atoms with van der Waals surface area (Å²) in [4.78, 5) is 22.2. The fraction of sp³-hybridized carbons (Fsp3) is 0.364. The monoisotopic (exact) mass is 415 g/mol. The molecular weight excluding hydrogens is 390 g/mol. The van der Waals surface area contributed by atoms with Crippen molar-refractivity contribution in [2.45, 2.75) is 6.42 Å². The minimum Gasteiger partial charge on any atom is -0.366 e. The summed E-state index contributed by atoms with van der Waals surface area (Å²) in [5.74, 6) is 0.751. The number of hydrogen-bond acceptors (Lipinski definition) is 7. The van der Waals surface area contributed by atoms with Crippen LogP contribution in [0.15, 0.2) is 30.7 Å². The molecule has 2 aliphatic rings. The van der Waals surface area contributed by atoms with Gasteiger partial charge < -0.3 is 20.1 Å². The summed E-state index contributed by atoms with van der Waals surface area (Å²) in [6, 6.07) is 2.12. The molecule has 1 saturated heterocycles. The molecule has 0 bridgehead atoms. The van der Waals surface area contributed by atoms with Gasteiger partial charge in [-0.3, -0.25) is 15.1 Å². The normalized spacial score (nSPS) is 18.1. The van der Waals surface area contributed by atoms with Gasteiger partial charge in [0.2, 0.25) is 0 Å². The number of likely N-dealkylation sites (N-methyl/N-ethyl adjacent to an activating group) is 1. The highest BCUT2D eigenvalue weighted by molar-refractivity contribution is 5.96. The smallest absolute Gasteiger partial charge is 0.159 e. The van der Waals surface area contributed by atoms with Gasteiger partial charge in [-0.2, -0.15) is 5.10 Å². The lowest BCUT2D eigenvalue weighted by Crippen LogP contribution is -2.44.